The highest BCUT2D eigenvalue weighted by Crippen LogP contribution is 2.36. The lowest BCUT2D eigenvalue weighted by atomic mass is 9.88. The first kappa shape index (κ1) is 19.3. The normalized spacial score (nSPS) is 15.8. The summed E-state index contributed by atoms with van der Waals surface area (Å²) < 4.78 is 0. The van der Waals surface area contributed by atoms with E-state index in [2.05, 4.69) is 66.0 Å². The number of aryl methyl sites for hydroxylation is 1. The number of aromatic amines is 3. The lowest BCUT2D eigenvalue weighted by Crippen LogP contribution is -2.32. The number of nitrogens with one attached hydrogen (secondary N) is 3. The maximum absolute atomic E-state index is 4.52. The van der Waals surface area contributed by atoms with Crippen molar-refractivity contribution in [2.24, 2.45) is 0 Å². The molecule has 0 spiro atoms. The molecule has 1 fully saturated rings. The van der Waals surface area contributed by atoms with Crippen LogP contribution in [-0.4, -0.2) is 47.9 Å². The number of nitrogens with zero attached hydrogens (tertiary/aromatic N) is 4. The number of likely N-dealkylation sites (tertiary alicyclic amines) is 1. The highest BCUT2D eigenvalue weighted by atomic mass is 15.1. The number of rotatable bonds is 5. The molecule has 1 saturated heterocycles. The smallest absolute Gasteiger partial charge is 0.157 e. The molecule has 3 N–H and O–H groups in total. The highest BCUT2D eigenvalue weighted by Gasteiger charge is 2.22. The average Bonchev–Trinajstić information content (AvgIpc) is 3.58. The summed E-state index contributed by atoms with van der Waals surface area (Å²) in [4.78, 5) is 25.6. The zero-order valence-corrected chi connectivity index (χ0v) is 18.2. The summed E-state index contributed by atoms with van der Waals surface area (Å²) in [7, 11) is 0. The van der Waals surface area contributed by atoms with Gasteiger partial charge in [0.25, 0.3) is 0 Å². The van der Waals surface area contributed by atoms with Crippen molar-refractivity contribution in [3.05, 3.63) is 66.1 Å². The Bertz CT molecular complexity index is 1350. The first-order valence-electron chi connectivity index (χ1n) is 11.4. The van der Waals surface area contributed by atoms with E-state index >= 15 is 0 Å². The van der Waals surface area contributed by atoms with Crippen LogP contribution >= 0.6 is 0 Å². The molecular weight excluding hydrogens is 398 g/mol. The van der Waals surface area contributed by atoms with Gasteiger partial charge in [0.15, 0.2) is 5.65 Å². The van der Waals surface area contributed by atoms with Gasteiger partial charge in [0.05, 0.1) is 18.3 Å². The van der Waals surface area contributed by atoms with Crippen molar-refractivity contribution in [2.75, 3.05) is 13.1 Å². The fraction of sp³-hybridized carbons (Fsp3) is 0.320. The van der Waals surface area contributed by atoms with Crippen LogP contribution in [0.25, 0.3) is 33.3 Å². The molecule has 5 heterocycles. The number of fused-ring (bicyclic) bond motifs is 2. The third-order valence-electron chi connectivity index (χ3n) is 6.88. The van der Waals surface area contributed by atoms with E-state index in [0.717, 1.165) is 48.5 Å². The number of hydrogen-bond donors (Lipinski definition) is 3. The molecule has 5 aromatic rings. The van der Waals surface area contributed by atoms with Crippen molar-refractivity contribution < 1.29 is 0 Å². The van der Waals surface area contributed by atoms with Crippen LogP contribution in [0.3, 0.4) is 0 Å². The molecule has 1 aliphatic rings. The number of aromatic nitrogens is 6. The minimum Gasteiger partial charge on any atom is -0.354 e. The van der Waals surface area contributed by atoms with Gasteiger partial charge in [0, 0.05) is 41.1 Å². The van der Waals surface area contributed by atoms with Crippen molar-refractivity contribution in [3.63, 3.8) is 0 Å². The van der Waals surface area contributed by atoms with Gasteiger partial charge in [-0.3, -0.25) is 4.90 Å². The van der Waals surface area contributed by atoms with E-state index in [1.165, 1.54) is 40.6 Å². The summed E-state index contributed by atoms with van der Waals surface area (Å²) in [6, 6.07) is 9.05. The fourth-order valence-corrected chi connectivity index (χ4v) is 5.20. The first-order chi connectivity index (χ1) is 15.8. The van der Waals surface area contributed by atoms with Crippen molar-refractivity contribution in [2.45, 2.75) is 38.6 Å². The standard InChI is InChI=1S/C25H27N7/c1-2-19-21-11-17(16-6-9-32(10-7-16)13-18-12-26-14-28-18)3-4-22(21)31-23(19)20-5-8-27-25-24(20)29-15-30-25/h3-5,8,11-12,14-16,31H,2,6-7,9-10,13H2,1H3,(H,26,28)(H,27,29,30). The minimum absolute atomic E-state index is 0.611. The molecule has 4 aromatic heterocycles. The topological polar surface area (TPSA) is 89.3 Å². The molecule has 1 aromatic carbocycles. The van der Waals surface area contributed by atoms with Gasteiger partial charge < -0.3 is 15.0 Å². The summed E-state index contributed by atoms with van der Waals surface area (Å²) in [5, 5.41) is 1.33. The SMILES string of the molecule is CCc1c(-c2ccnc3[nH]cnc23)[nH]c2ccc(C3CCN(Cc4cnc[nH]4)CC3)cc12. The van der Waals surface area contributed by atoms with Crippen molar-refractivity contribution in [3.8, 4) is 11.3 Å². The highest BCUT2D eigenvalue weighted by molar-refractivity contribution is 5.97. The van der Waals surface area contributed by atoms with Gasteiger partial charge in [-0.05, 0) is 67.6 Å². The Morgan fingerprint density at radius 2 is 1.97 bits per heavy atom. The molecule has 7 heteroatoms. The Labute approximate surface area is 186 Å². The Balaban J connectivity index is 1.29. The summed E-state index contributed by atoms with van der Waals surface area (Å²) in [6.45, 7) is 5.43. The van der Waals surface area contributed by atoms with Crippen molar-refractivity contribution >= 4 is 22.1 Å². The predicted molar refractivity (Wildman–Crippen MR) is 126 cm³/mol. The van der Waals surface area contributed by atoms with Crippen LogP contribution in [0.5, 0.6) is 0 Å². The molecule has 0 amide bonds. The minimum atomic E-state index is 0.611. The zero-order chi connectivity index (χ0) is 21.5. The van der Waals surface area contributed by atoms with E-state index < -0.39 is 0 Å². The molecule has 0 saturated carbocycles. The van der Waals surface area contributed by atoms with Gasteiger partial charge in [0.1, 0.15) is 5.52 Å². The van der Waals surface area contributed by atoms with E-state index in [-0.39, 0.29) is 0 Å². The molecule has 0 bridgehead atoms. The van der Waals surface area contributed by atoms with Gasteiger partial charge in [-0.1, -0.05) is 13.0 Å². The Kier molecular flexibility index (Phi) is 4.76. The Hall–Kier alpha value is -3.45. The molecule has 162 valence electrons. The predicted octanol–water partition coefficient (Wildman–Crippen LogP) is 4.77. The summed E-state index contributed by atoms with van der Waals surface area (Å²) in [6.07, 6.45) is 10.6. The number of piperidine rings is 1. The third-order valence-corrected chi connectivity index (χ3v) is 6.88. The zero-order valence-electron chi connectivity index (χ0n) is 18.2. The van der Waals surface area contributed by atoms with E-state index in [4.69, 9.17) is 0 Å². The summed E-state index contributed by atoms with van der Waals surface area (Å²) in [5.41, 5.74) is 9.21. The number of pyridine rings is 1. The number of imidazole rings is 2. The van der Waals surface area contributed by atoms with Gasteiger partial charge in [-0.2, -0.15) is 0 Å². The second kappa shape index (κ2) is 7.91. The lowest BCUT2D eigenvalue weighted by Gasteiger charge is -2.31. The number of H-pyrrole nitrogens is 3. The Morgan fingerprint density at radius 3 is 2.78 bits per heavy atom. The maximum atomic E-state index is 4.52. The fourth-order valence-electron chi connectivity index (χ4n) is 5.20. The van der Waals surface area contributed by atoms with Crippen LogP contribution < -0.4 is 0 Å². The molecule has 0 radical (unpaired) electrons. The monoisotopic (exact) mass is 425 g/mol. The molecule has 0 aliphatic carbocycles. The largest absolute Gasteiger partial charge is 0.354 e. The third kappa shape index (κ3) is 3.29. The molecule has 32 heavy (non-hydrogen) atoms. The second-order valence-electron chi connectivity index (χ2n) is 8.72. The van der Waals surface area contributed by atoms with E-state index in [9.17, 15) is 0 Å². The molecule has 7 nitrogen and oxygen atoms in total. The van der Waals surface area contributed by atoms with E-state index in [0.29, 0.717) is 5.92 Å². The summed E-state index contributed by atoms with van der Waals surface area (Å²) >= 11 is 0. The van der Waals surface area contributed by atoms with Gasteiger partial charge in [-0.15, -0.1) is 0 Å². The van der Waals surface area contributed by atoms with Crippen LogP contribution in [-0.2, 0) is 13.0 Å². The van der Waals surface area contributed by atoms with Crippen LogP contribution in [0.4, 0.5) is 0 Å². The number of hydrogen-bond acceptors (Lipinski definition) is 4. The average molecular weight is 426 g/mol. The van der Waals surface area contributed by atoms with E-state index in [1.54, 1.807) is 12.7 Å². The van der Waals surface area contributed by atoms with Gasteiger partial charge >= 0.3 is 0 Å². The van der Waals surface area contributed by atoms with Gasteiger partial charge in [0.2, 0.25) is 0 Å². The summed E-state index contributed by atoms with van der Waals surface area (Å²) in [5.74, 6) is 0.611. The lowest BCUT2D eigenvalue weighted by molar-refractivity contribution is 0.203. The molecule has 1 aliphatic heterocycles. The Morgan fingerprint density at radius 1 is 1.06 bits per heavy atom. The van der Waals surface area contributed by atoms with Gasteiger partial charge in [-0.25, -0.2) is 15.0 Å². The molecular formula is C25H27N7. The van der Waals surface area contributed by atoms with Crippen LogP contribution in [0, 0.1) is 0 Å². The second-order valence-corrected chi connectivity index (χ2v) is 8.72. The van der Waals surface area contributed by atoms with Crippen LogP contribution in [0.2, 0.25) is 0 Å². The van der Waals surface area contributed by atoms with Crippen LogP contribution in [0.15, 0.2) is 49.3 Å². The molecule has 6 rings (SSSR count). The first-order valence-corrected chi connectivity index (χ1v) is 11.4. The number of benzene rings is 1. The van der Waals surface area contributed by atoms with Crippen molar-refractivity contribution in [1.29, 1.82) is 0 Å². The maximum Gasteiger partial charge on any atom is 0.157 e. The van der Waals surface area contributed by atoms with Crippen molar-refractivity contribution in [1.82, 2.24) is 34.8 Å². The van der Waals surface area contributed by atoms with E-state index in [1.807, 2.05) is 12.4 Å². The molecule has 0 atom stereocenters. The molecule has 0 unspecified atom stereocenters. The van der Waals surface area contributed by atoms with Crippen LogP contribution in [0.1, 0.15) is 42.5 Å². The quantitative estimate of drug-likeness (QED) is 0.378.